The summed E-state index contributed by atoms with van der Waals surface area (Å²) in [6, 6.07) is 0. The second-order valence-electron chi connectivity index (χ2n) is 4.14. The number of nitrogens with one attached hydrogen (secondary N) is 1. The fourth-order valence-corrected chi connectivity index (χ4v) is 2.30. The smallest absolute Gasteiger partial charge is 0.293 e. The summed E-state index contributed by atoms with van der Waals surface area (Å²) in [6.07, 6.45) is 2.45. The Bertz CT molecular complexity index is 307. The van der Waals surface area contributed by atoms with Crippen molar-refractivity contribution in [3.8, 4) is 5.19 Å². The molecule has 0 bridgehead atoms. The average Bonchev–Trinajstić information content (AvgIpc) is 2.68. The van der Waals surface area contributed by atoms with E-state index in [9.17, 15) is 0 Å². The van der Waals surface area contributed by atoms with E-state index < -0.39 is 0 Å². The quantitative estimate of drug-likeness (QED) is 0.855. The maximum absolute atomic E-state index is 5.79. The van der Waals surface area contributed by atoms with Crippen LogP contribution in [0.25, 0.3) is 0 Å². The summed E-state index contributed by atoms with van der Waals surface area (Å²) < 4.78 is 10.1. The maximum atomic E-state index is 5.79. The van der Waals surface area contributed by atoms with Gasteiger partial charge in [0, 0.05) is 17.5 Å². The summed E-state index contributed by atoms with van der Waals surface area (Å²) in [5.74, 6) is 1.27. The van der Waals surface area contributed by atoms with Crippen LogP contribution in [0.15, 0.2) is 0 Å². The highest BCUT2D eigenvalue weighted by Gasteiger charge is 2.17. The lowest BCUT2D eigenvalue weighted by molar-refractivity contribution is 0.161. The Hall–Kier alpha value is -0.680. The Kier molecular flexibility index (Phi) is 3.53. The Morgan fingerprint density at radius 1 is 1.40 bits per heavy atom. The number of hydrogen-bond acceptors (Lipinski definition) is 5. The number of rotatable bonds is 3. The third kappa shape index (κ3) is 2.89. The largest absolute Gasteiger partial charge is 0.466 e. The van der Waals surface area contributed by atoms with Gasteiger partial charge in [-0.15, -0.1) is 0 Å². The molecule has 4 nitrogen and oxygen atoms in total. The van der Waals surface area contributed by atoms with E-state index in [1.165, 1.54) is 11.5 Å². The number of piperidine rings is 1. The van der Waals surface area contributed by atoms with Crippen LogP contribution in [0.2, 0.25) is 0 Å². The van der Waals surface area contributed by atoms with Gasteiger partial charge in [0.05, 0.1) is 0 Å². The van der Waals surface area contributed by atoms with Crippen molar-refractivity contribution in [2.75, 3.05) is 13.1 Å². The van der Waals surface area contributed by atoms with Gasteiger partial charge in [-0.3, -0.25) is 0 Å². The predicted molar refractivity (Wildman–Crippen MR) is 60.5 cm³/mol. The molecule has 2 heterocycles. The Balaban J connectivity index is 1.91. The van der Waals surface area contributed by atoms with Gasteiger partial charge in [-0.05, 0) is 25.9 Å². The summed E-state index contributed by atoms with van der Waals surface area (Å²) in [5.41, 5.74) is 0. The van der Waals surface area contributed by atoms with Crippen molar-refractivity contribution in [2.24, 2.45) is 0 Å². The van der Waals surface area contributed by atoms with Crippen molar-refractivity contribution in [2.45, 2.75) is 38.7 Å². The van der Waals surface area contributed by atoms with E-state index >= 15 is 0 Å². The van der Waals surface area contributed by atoms with E-state index in [4.69, 9.17) is 4.74 Å². The van der Waals surface area contributed by atoms with Gasteiger partial charge in [-0.2, -0.15) is 9.36 Å². The highest BCUT2D eigenvalue weighted by molar-refractivity contribution is 7.07. The third-order valence-corrected chi connectivity index (χ3v) is 3.12. The molecule has 1 aromatic heterocycles. The Morgan fingerprint density at radius 2 is 2.13 bits per heavy atom. The topological polar surface area (TPSA) is 47.0 Å². The fraction of sp³-hybridized carbons (Fsp3) is 0.800. The summed E-state index contributed by atoms with van der Waals surface area (Å²) in [7, 11) is 0. The van der Waals surface area contributed by atoms with Gasteiger partial charge in [0.25, 0.3) is 5.19 Å². The van der Waals surface area contributed by atoms with Gasteiger partial charge < -0.3 is 10.1 Å². The fourth-order valence-electron chi connectivity index (χ4n) is 1.56. The van der Waals surface area contributed by atoms with Crippen LogP contribution in [0.5, 0.6) is 5.19 Å². The molecule has 1 aliphatic heterocycles. The molecule has 84 valence electrons. The van der Waals surface area contributed by atoms with Crippen LogP contribution in [-0.2, 0) is 0 Å². The van der Waals surface area contributed by atoms with E-state index in [1.54, 1.807) is 0 Å². The van der Waals surface area contributed by atoms with E-state index in [1.807, 2.05) is 0 Å². The van der Waals surface area contributed by atoms with Crippen LogP contribution in [-0.4, -0.2) is 28.6 Å². The van der Waals surface area contributed by atoms with E-state index in [0.717, 1.165) is 36.9 Å². The average molecular weight is 227 g/mol. The van der Waals surface area contributed by atoms with Gasteiger partial charge in [-0.1, -0.05) is 13.8 Å². The van der Waals surface area contributed by atoms with Crippen molar-refractivity contribution in [1.82, 2.24) is 14.7 Å². The third-order valence-electron chi connectivity index (χ3n) is 2.49. The first-order chi connectivity index (χ1) is 7.25. The van der Waals surface area contributed by atoms with Gasteiger partial charge in [0.1, 0.15) is 11.9 Å². The zero-order chi connectivity index (χ0) is 10.7. The Morgan fingerprint density at radius 3 is 2.73 bits per heavy atom. The van der Waals surface area contributed by atoms with Crippen LogP contribution in [0.3, 0.4) is 0 Å². The SMILES string of the molecule is CC(C)c1nsc(OC2CCNCC2)n1. The molecule has 0 unspecified atom stereocenters. The molecule has 0 amide bonds. The first kappa shape index (κ1) is 10.8. The normalized spacial score (nSPS) is 18.3. The molecule has 1 aliphatic rings. The van der Waals surface area contributed by atoms with Crippen molar-refractivity contribution in [1.29, 1.82) is 0 Å². The molecule has 0 aliphatic carbocycles. The molecular weight excluding hydrogens is 210 g/mol. The molecule has 1 aromatic rings. The minimum absolute atomic E-state index is 0.319. The molecule has 0 saturated carbocycles. The molecule has 1 saturated heterocycles. The van der Waals surface area contributed by atoms with Crippen LogP contribution in [0.1, 0.15) is 38.4 Å². The van der Waals surface area contributed by atoms with Crippen LogP contribution in [0, 0.1) is 0 Å². The Labute approximate surface area is 94.2 Å². The number of hydrogen-bond donors (Lipinski definition) is 1. The van der Waals surface area contributed by atoms with Gasteiger partial charge >= 0.3 is 0 Å². The molecule has 5 heteroatoms. The van der Waals surface area contributed by atoms with Crippen LogP contribution >= 0.6 is 11.5 Å². The highest BCUT2D eigenvalue weighted by Crippen LogP contribution is 2.22. The van der Waals surface area contributed by atoms with Crippen molar-refractivity contribution < 1.29 is 4.74 Å². The zero-order valence-corrected chi connectivity index (χ0v) is 10.0. The van der Waals surface area contributed by atoms with Gasteiger partial charge in [0.2, 0.25) is 0 Å². The number of aromatic nitrogens is 2. The van der Waals surface area contributed by atoms with Crippen LogP contribution in [0.4, 0.5) is 0 Å². The van der Waals surface area contributed by atoms with E-state index in [-0.39, 0.29) is 0 Å². The summed E-state index contributed by atoms with van der Waals surface area (Å²) in [4.78, 5) is 4.37. The summed E-state index contributed by atoms with van der Waals surface area (Å²) in [6.45, 7) is 6.27. The summed E-state index contributed by atoms with van der Waals surface area (Å²) in [5, 5.41) is 4.04. The summed E-state index contributed by atoms with van der Waals surface area (Å²) >= 11 is 1.37. The maximum Gasteiger partial charge on any atom is 0.293 e. The zero-order valence-electron chi connectivity index (χ0n) is 9.19. The molecular formula is C10H17N3OS. The first-order valence-electron chi connectivity index (χ1n) is 5.46. The monoisotopic (exact) mass is 227 g/mol. The molecule has 0 spiro atoms. The van der Waals surface area contributed by atoms with Gasteiger partial charge in [-0.25, -0.2) is 0 Å². The molecule has 15 heavy (non-hydrogen) atoms. The van der Waals surface area contributed by atoms with Crippen molar-refractivity contribution in [3.05, 3.63) is 5.82 Å². The molecule has 1 N–H and O–H groups in total. The van der Waals surface area contributed by atoms with Crippen LogP contribution < -0.4 is 10.1 Å². The lowest BCUT2D eigenvalue weighted by Gasteiger charge is -2.21. The second-order valence-corrected chi connectivity index (χ2v) is 4.85. The van der Waals surface area contributed by atoms with Crippen molar-refractivity contribution >= 4 is 11.5 Å². The van der Waals surface area contributed by atoms with Crippen molar-refractivity contribution in [3.63, 3.8) is 0 Å². The molecule has 2 rings (SSSR count). The number of ether oxygens (including phenoxy) is 1. The lowest BCUT2D eigenvalue weighted by Crippen LogP contribution is -2.34. The van der Waals surface area contributed by atoms with E-state index in [0.29, 0.717) is 12.0 Å². The first-order valence-corrected chi connectivity index (χ1v) is 6.24. The predicted octanol–water partition coefficient (Wildman–Crippen LogP) is 1.79. The highest BCUT2D eigenvalue weighted by atomic mass is 32.1. The minimum atomic E-state index is 0.319. The minimum Gasteiger partial charge on any atom is -0.466 e. The molecule has 1 fully saturated rings. The lowest BCUT2D eigenvalue weighted by atomic mass is 10.1. The standard InChI is InChI=1S/C10H17N3OS/c1-7(2)9-12-10(15-13-9)14-8-3-5-11-6-4-8/h7-8,11H,3-6H2,1-2H3. The van der Waals surface area contributed by atoms with E-state index in [2.05, 4.69) is 28.5 Å². The van der Waals surface area contributed by atoms with Gasteiger partial charge in [0.15, 0.2) is 0 Å². The molecule has 0 radical (unpaired) electrons. The molecule has 0 aromatic carbocycles. The molecule has 0 atom stereocenters. The number of nitrogens with zero attached hydrogens (tertiary/aromatic N) is 2. The second kappa shape index (κ2) is 4.90.